The molecule has 1 spiro atoms. The van der Waals surface area contributed by atoms with E-state index in [-0.39, 0.29) is 10.0 Å². The number of nitrogens with one attached hydrogen (secondary N) is 3. The largest absolute Gasteiger partial charge is 0.326 e. The Morgan fingerprint density at radius 2 is 1.71 bits per heavy atom. The van der Waals surface area contributed by atoms with E-state index in [1.807, 2.05) is 4.90 Å². The van der Waals surface area contributed by atoms with Crippen molar-refractivity contribution < 1.29 is 19.6 Å². The normalized spacial score (nSPS) is 27.4. The van der Waals surface area contributed by atoms with Gasteiger partial charge in [0.1, 0.15) is 5.54 Å². The van der Waals surface area contributed by atoms with E-state index in [9.17, 15) is 19.6 Å². The number of carbonyl (C=O) groups excluding carboxylic acids is 3. The number of rotatable bonds is 3. The van der Waals surface area contributed by atoms with E-state index in [2.05, 4.69) is 10.6 Å². The van der Waals surface area contributed by atoms with Gasteiger partial charge in [-0.05, 0) is 49.7 Å². The maximum Gasteiger partial charge on any atom is 0.250 e. The summed E-state index contributed by atoms with van der Waals surface area (Å²) >= 11 is 24.8. The van der Waals surface area contributed by atoms with E-state index in [1.165, 1.54) is 24.3 Å². The molecule has 2 fully saturated rings. The minimum atomic E-state index is -1.58. The molecule has 3 aliphatic rings. The molecule has 2 saturated heterocycles. The van der Waals surface area contributed by atoms with Crippen LogP contribution < -0.4 is 16.1 Å². The molecule has 178 valence electrons. The van der Waals surface area contributed by atoms with Crippen LogP contribution in [0.3, 0.4) is 0 Å². The fourth-order valence-corrected chi connectivity index (χ4v) is 6.86. The summed E-state index contributed by atoms with van der Waals surface area (Å²) in [5.41, 5.74) is 1.16. The Morgan fingerprint density at radius 3 is 2.38 bits per heavy atom. The van der Waals surface area contributed by atoms with Gasteiger partial charge in [0.05, 0.1) is 22.5 Å². The molecule has 4 atom stereocenters. The van der Waals surface area contributed by atoms with Crippen molar-refractivity contribution in [3.8, 4) is 0 Å². The summed E-state index contributed by atoms with van der Waals surface area (Å²) in [5, 5.41) is 16.3. The summed E-state index contributed by atoms with van der Waals surface area (Å²) in [7, 11) is 0. The van der Waals surface area contributed by atoms with Gasteiger partial charge in [0.2, 0.25) is 11.8 Å². The van der Waals surface area contributed by atoms with Crippen LogP contribution in [0, 0.1) is 11.8 Å². The van der Waals surface area contributed by atoms with Crippen LogP contribution in [-0.4, -0.2) is 40.4 Å². The molecule has 0 aliphatic carbocycles. The van der Waals surface area contributed by atoms with Gasteiger partial charge in [-0.25, -0.2) is 5.48 Å². The zero-order chi connectivity index (χ0) is 24.4. The van der Waals surface area contributed by atoms with Crippen LogP contribution >= 0.6 is 46.4 Å². The zero-order valence-electron chi connectivity index (χ0n) is 17.4. The fraction of sp³-hybridized carbons (Fsp3) is 0.318. The van der Waals surface area contributed by atoms with Crippen LogP contribution in [0.25, 0.3) is 0 Å². The molecule has 0 bridgehead atoms. The van der Waals surface area contributed by atoms with Gasteiger partial charge in [0, 0.05) is 32.4 Å². The van der Waals surface area contributed by atoms with Crippen LogP contribution in [0.4, 0.5) is 11.4 Å². The van der Waals surface area contributed by atoms with Crippen molar-refractivity contribution in [2.45, 2.75) is 24.4 Å². The minimum absolute atomic E-state index is 0.216. The van der Waals surface area contributed by atoms with Crippen LogP contribution in [0.2, 0.25) is 20.1 Å². The van der Waals surface area contributed by atoms with Crippen molar-refractivity contribution in [3.63, 3.8) is 0 Å². The number of halogens is 4. The summed E-state index contributed by atoms with van der Waals surface area (Å²) in [4.78, 5) is 42.3. The van der Waals surface area contributed by atoms with Gasteiger partial charge < -0.3 is 10.6 Å². The Hall–Kier alpha value is -2.07. The standard InChI is InChI=1S/C22H18Cl4N4O4/c23-9-4-10(24)6-12(5-9)27-19(31)16-15-2-1-3-30(15)22(17(16)20(32)29-34)13-7-11(25)8-14(26)18(13)28-21(22)33/h4-8,15-17,34H,1-3H2,(H,27,31)(H,28,33)(H,29,32). The van der Waals surface area contributed by atoms with E-state index in [1.54, 1.807) is 11.5 Å². The molecule has 0 radical (unpaired) electrons. The first-order valence-corrected chi connectivity index (χ1v) is 12.0. The second kappa shape index (κ2) is 8.55. The Labute approximate surface area is 214 Å². The summed E-state index contributed by atoms with van der Waals surface area (Å²) in [6.07, 6.45) is 1.28. The summed E-state index contributed by atoms with van der Waals surface area (Å²) in [5.74, 6) is -4.13. The number of nitrogens with zero attached hydrogens (tertiary/aromatic N) is 1. The maximum atomic E-state index is 13.6. The van der Waals surface area contributed by atoms with Gasteiger partial charge in [-0.2, -0.15) is 0 Å². The third-order valence-electron chi connectivity index (χ3n) is 6.85. The van der Waals surface area contributed by atoms with E-state index in [0.29, 0.717) is 46.4 Å². The number of fused-ring (bicyclic) bond motifs is 4. The molecule has 3 aliphatic heterocycles. The first kappa shape index (κ1) is 23.7. The minimum Gasteiger partial charge on any atom is -0.326 e. The number of benzene rings is 2. The molecule has 0 aromatic heterocycles. The molecule has 4 N–H and O–H groups in total. The molecular formula is C22H18Cl4N4O4. The molecule has 2 aromatic rings. The van der Waals surface area contributed by atoms with Gasteiger partial charge in [-0.15, -0.1) is 0 Å². The number of carbonyl (C=O) groups is 3. The van der Waals surface area contributed by atoms with Gasteiger partial charge >= 0.3 is 0 Å². The number of anilines is 2. The van der Waals surface area contributed by atoms with Gasteiger partial charge in [-0.3, -0.25) is 24.5 Å². The monoisotopic (exact) mass is 542 g/mol. The number of hydrogen-bond donors (Lipinski definition) is 4. The molecule has 5 rings (SSSR count). The third kappa shape index (κ3) is 3.39. The van der Waals surface area contributed by atoms with Crippen molar-refractivity contribution in [2.24, 2.45) is 11.8 Å². The van der Waals surface area contributed by atoms with Gasteiger partial charge in [0.25, 0.3) is 5.91 Å². The maximum absolute atomic E-state index is 13.6. The highest BCUT2D eigenvalue weighted by Gasteiger charge is 2.71. The first-order valence-electron chi connectivity index (χ1n) is 10.5. The highest BCUT2D eigenvalue weighted by Crippen LogP contribution is 2.59. The second-order valence-electron chi connectivity index (χ2n) is 8.56. The highest BCUT2D eigenvalue weighted by atomic mass is 35.5. The molecule has 12 heteroatoms. The van der Waals surface area contributed by atoms with Gasteiger partial charge in [-0.1, -0.05) is 46.4 Å². The average molecular weight is 544 g/mol. The number of hydrogen-bond acceptors (Lipinski definition) is 5. The van der Waals surface area contributed by atoms with Crippen LogP contribution in [0.1, 0.15) is 18.4 Å². The first-order chi connectivity index (χ1) is 16.2. The van der Waals surface area contributed by atoms with Gasteiger partial charge in [0.15, 0.2) is 0 Å². The summed E-state index contributed by atoms with van der Waals surface area (Å²) in [6, 6.07) is 7.20. The lowest BCUT2D eigenvalue weighted by molar-refractivity contribution is -0.145. The van der Waals surface area contributed by atoms with Crippen molar-refractivity contribution in [2.75, 3.05) is 17.2 Å². The van der Waals surface area contributed by atoms with Crippen molar-refractivity contribution in [3.05, 3.63) is 56.0 Å². The Bertz CT molecular complexity index is 1220. The topological polar surface area (TPSA) is 111 Å². The lowest BCUT2D eigenvalue weighted by Crippen LogP contribution is -2.55. The fourth-order valence-electron chi connectivity index (χ4n) is 5.79. The lowest BCUT2D eigenvalue weighted by Gasteiger charge is -2.36. The summed E-state index contributed by atoms with van der Waals surface area (Å²) in [6.45, 7) is 0.462. The third-order valence-corrected chi connectivity index (χ3v) is 7.80. The predicted octanol–water partition coefficient (Wildman–Crippen LogP) is 4.30. The number of hydroxylamine groups is 1. The average Bonchev–Trinajstić information content (AvgIpc) is 3.41. The van der Waals surface area contributed by atoms with E-state index in [0.717, 1.165) is 0 Å². The SMILES string of the molecule is O=C(Nc1cc(Cl)cc(Cl)c1)C1C2CCCN2C2(C(=O)Nc3c(Cl)cc(Cl)cc32)C1C(=O)NO. The number of amides is 3. The quantitative estimate of drug-likeness (QED) is 0.341. The molecule has 34 heavy (non-hydrogen) atoms. The molecular weight excluding hydrogens is 526 g/mol. The smallest absolute Gasteiger partial charge is 0.250 e. The Balaban J connectivity index is 1.66. The van der Waals surface area contributed by atoms with E-state index >= 15 is 0 Å². The van der Waals surface area contributed by atoms with Crippen molar-refractivity contribution in [1.29, 1.82) is 0 Å². The molecule has 3 amide bonds. The second-order valence-corrected chi connectivity index (χ2v) is 10.3. The Morgan fingerprint density at radius 1 is 1.03 bits per heavy atom. The molecule has 8 nitrogen and oxygen atoms in total. The lowest BCUT2D eigenvalue weighted by atomic mass is 9.73. The Kier molecular flexibility index (Phi) is 5.95. The van der Waals surface area contributed by atoms with E-state index in [4.69, 9.17) is 46.4 Å². The predicted molar refractivity (Wildman–Crippen MR) is 128 cm³/mol. The van der Waals surface area contributed by atoms with Crippen molar-refractivity contribution in [1.82, 2.24) is 10.4 Å². The highest BCUT2D eigenvalue weighted by molar-refractivity contribution is 6.38. The van der Waals surface area contributed by atoms with Crippen LogP contribution in [-0.2, 0) is 19.9 Å². The van der Waals surface area contributed by atoms with Crippen LogP contribution in [0.5, 0.6) is 0 Å². The molecule has 3 heterocycles. The molecule has 4 unspecified atom stereocenters. The molecule has 0 saturated carbocycles. The zero-order valence-corrected chi connectivity index (χ0v) is 20.4. The molecule has 2 aromatic carbocycles. The van der Waals surface area contributed by atoms with E-state index < -0.39 is 41.1 Å². The summed E-state index contributed by atoms with van der Waals surface area (Å²) < 4.78 is 0. The van der Waals surface area contributed by atoms with Crippen molar-refractivity contribution >= 4 is 75.5 Å². The van der Waals surface area contributed by atoms with Crippen LogP contribution in [0.15, 0.2) is 30.3 Å².